The predicted octanol–water partition coefficient (Wildman–Crippen LogP) is 3.09. The summed E-state index contributed by atoms with van der Waals surface area (Å²) in [4.78, 5) is 17.6. The maximum absolute atomic E-state index is 12.7. The number of methoxy groups -OCH3 is 2. The van der Waals surface area contributed by atoms with Crippen molar-refractivity contribution in [2.75, 3.05) is 33.7 Å². The van der Waals surface area contributed by atoms with Crippen LogP contribution in [0, 0.1) is 12.3 Å². The van der Waals surface area contributed by atoms with E-state index in [0.717, 1.165) is 34.4 Å². The molecule has 0 spiro atoms. The molecule has 0 saturated carbocycles. The quantitative estimate of drug-likeness (QED) is 0.302. The Labute approximate surface area is 218 Å². The van der Waals surface area contributed by atoms with Gasteiger partial charge in [0.05, 0.1) is 31.7 Å². The number of hydrogen-bond acceptors (Lipinski definition) is 10. The van der Waals surface area contributed by atoms with Gasteiger partial charge in [0.1, 0.15) is 24.8 Å². The summed E-state index contributed by atoms with van der Waals surface area (Å²) >= 11 is 0.729. The predicted molar refractivity (Wildman–Crippen MR) is 142 cm³/mol. The number of amides is 1. The van der Waals surface area contributed by atoms with Gasteiger partial charge in [-0.1, -0.05) is 18.2 Å². The molecule has 0 aliphatic carbocycles. The smallest absolute Gasteiger partial charge is 0.283 e. The molecule has 2 aliphatic heterocycles. The maximum atomic E-state index is 12.7. The number of nitrogens with zero attached hydrogens (tertiary/aromatic N) is 3. The van der Waals surface area contributed by atoms with Crippen LogP contribution in [0.4, 0.5) is 0 Å². The van der Waals surface area contributed by atoms with Crippen molar-refractivity contribution in [1.82, 2.24) is 4.90 Å². The molecule has 2 aromatic carbocycles. The number of hydrogen-bond donors (Lipinski definition) is 1. The van der Waals surface area contributed by atoms with Crippen LogP contribution in [0.2, 0.25) is 0 Å². The minimum atomic E-state index is -3.75. The van der Waals surface area contributed by atoms with Gasteiger partial charge in [0.15, 0.2) is 11.5 Å². The summed E-state index contributed by atoms with van der Waals surface area (Å²) in [6.45, 7) is 2.45. The van der Waals surface area contributed by atoms with E-state index in [4.69, 9.17) is 24.4 Å². The van der Waals surface area contributed by atoms with E-state index in [1.807, 2.05) is 31.2 Å². The number of carbonyl (C=O) groups excluding carboxylic acids is 1. The van der Waals surface area contributed by atoms with Crippen molar-refractivity contribution in [2.45, 2.75) is 6.92 Å². The molecule has 13 heteroatoms. The molecule has 0 unspecified atom stereocenters. The van der Waals surface area contributed by atoms with Crippen LogP contribution in [0.3, 0.4) is 0 Å². The zero-order valence-electron chi connectivity index (χ0n) is 20.5. The molecule has 1 N–H and O–H groups in total. The van der Waals surface area contributed by atoms with Crippen LogP contribution in [-0.4, -0.2) is 69.1 Å². The Morgan fingerprint density at radius 2 is 1.70 bits per heavy atom. The lowest BCUT2D eigenvalue weighted by Crippen LogP contribution is -2.45. The molecule has 0 atom stereocenters. The van der Waals surface area contributed by atoms with Crippen molar-refractivity contribution >= 4 is 49.9 Å². The number of aryl methyl sites for hydroxylation is 1. The number of nitrogens with one attached hydrogen (secondary N) is 1. The van der Waals surface area contributed by atoms with Crippen LogP contribution < -0.4 is 18.9 Å². The van der Waals surface area contributed by atoms with Crippen LogP contribution in [-0.2, 0) is 14.6 Å². The van der Waals surface area contributed by atoms with E-state index in [0.29, 0.717) is 22.8 Å². The van der Waals surface area contributed by atoms with Crippen molar-refractivity contribution in [3.63, 3.8) is 0 Å². The molecule has 2 aliphatic rings. The molecular weight excluding hydrogens is 520 g/mol. The Morgan fingerprint density at radius 3 is 2.32 bits per heavy atom. The van der Waals surface area contributed by atoms with Crippen LogP contribution in [0.25, 0.3) is 6.08 Å². The van der Waals surface area contributed by atoms with Crippen molar-refractivity contribution in [3.8, 4) is 23.0 Å². The van der Waals surface area contributed by atoms with Gasteiger partial charge in [0, 0.05) is 6.26 Å². The Morgan fingerprint density at radius 1 is 1.05 bits per heavy atom. The van der Waals surface area contributed by atoms with E-state index >= 15 is 0 Å². The highest BCUT2D eigenvalue weighted by Gasteiger charge is 2.41. The van der Waals surface area contributed by atoms with Crippen LogP contribution in [0.5, 0.6) is 23.0 Å². The van der Waals surface area contributed by atoms with Crippen LogP contribution in [0.1, 0.15) is 11.1 Å². The molecule has 11 nitrogen and oxygen atoms in total. The average molecular weight is 545 g/mol. The summed E-state index contributed by atoms with van der Waals surface area (Å²) < 4.78 is 50.7. The number of fused-ring (bicyclic) bond motifs is 1. The largest absolute Gasteiger partial charge is 0.493 e. The second-order valence-electron chi connectivity index (χ2n) is 7.90. The normalized spacial score (nSPS) is 16.3. The third kappa shape index (κ3) is 5.47. The molecule has 0 radical (unpaired) electrons. The van der Waals surface area contributed by atoms with Crippen molar-refractivity contribution in [2.24, 2.45) is 9.39 Å². The molecule has 0 aromatic heterocycles. The van der Waals surface area contributed by atoms with E-state index in [1.165, 1.54) is 20.3 Å². The highest BCUT2D eigenvalue weighted by Crippen LogP contribution is 2.39. The summed E-state index contributed by atoms with van der Waals surface area (Å²) in [5, 5.41) is 8.16. The lowest BCUT2D eigenvalue weighted by molar-refractivity contribution is -0.114. The average Bonchev–Trinajstić information content (AvgIpc) is 3.30. The first-order valence-electron chi connectivity index (χ1n) is 10.9. The number of carbonyl (C=O) groups is 1. The Balaban J connectivity index is 1.57. The highest BCUT2D eigenvalue weighted by molar-refractivity contribution is 8.16. The van der Waals surface area contributed by atoms with Gasteiger partial charge in [-0.25, -0.2) is 13.3 Å². The number of sulfone groups is 1. The van der Waals surface area contributed by atoms with Crippen molar-refractivity contribution < 1.29 is 32.2 Å². The standard InChI is InChI=1S/C24H24N4O7S2/c1-14-7-5-6-8-17(14)34-9-10-35-20-18(32-2)12-15(13-19(20)33-3)11-16-21(25)28-23(26-22(16)29)36-27-24(28)37(4,30)31/h5-8,11-13,25H,9-10H2,1-4H3/b16-11-,25-21?. The second kappa shape index (κ2) is 10.6. The first kappa shape index (κ1) is 26.2. The number of benzene rings is 2. The van der Waals surface area contributed by atoms with Crippen LogP contribution >= 0.6 is 11.9 Å². The fourth-order valence-corrected chi connectivity index (χ4v) is 5.39. The summed E-state index contributed by atoms with van der Waals surface area (Å²) in [6.07, 6.45) is 2.38. The third-order valence-corrected chi connectivity index (χ3v) is 7.05. The minimum absolute atomic E-state index is 0.0133. The fraction of sp³-hybridized carbons (Fsp3) is 0.250. The Hall–Kier alpha value is -3.84. The second-order valence-corrected chi connectivity index (χ2v) is 10.5. The van der Waals surface area contributed by atoms with Gasteiger partial charge in [0.2, 0.25) is 25.9 Å². The maximum Gasteiger partial charge on any atom is 0.283 e. The molecule has 0 bridgehead atoms. The minimum Gasteiger partial charge on any atom is -0.493 e. The molecule has 37 heavy (non-hydrogen) atoms. The molecule has 2 aromatic rings. The molecule has 194 valence electrons. The lowest BCUT2D eigenvalue weighted by atomic mass is 10.1. The molecule has 0 saturated heterocycles. The van der Waals surface area contributed by atoms with E-state index in [1.54, 1.807) is 12.1 Å². The number of aliphatic imine (C=N–C) groups is 1. The SMILES string of the molecule is COc1cc(/C=C2/C(=N)N3C(=NC2=O)SN=C3S(C)(=O)=O)cc(OC)c1OCCOc1ccccc1C. The summed E-state index contributed by atoms with van der Waals surface area (Å²) in [7, 11) is -0.827. The van der Waals surface area contributed by atoms with Gasteiger partial charge >= 0.3 is 0 Å². The van der Waals surface area contributed by atoms with E-state index < -0.39 is 15.7 Å². The molecule has 4 rings (SSSR count). The lowest BCUT2D eigenvalue weighted by Gasteiger charge is -2.24. The summed E-state index contributed by atoms with van der Waals surface area (Å²) in [6, 6.07) is 10.9. The summed E-state index contributed by atoms with van der Waals surface area (Å²) in [5.41, 5.74) is 1.34. The third-order valence-electron chi connectivity index (χ3n) is 5.30. The molecular formula is C24H24N4O7S2. The molecule has 1 amide bonds. The first-order valence-corrected chi connectivity index (χ1v) is 13.6. The van der Waals surface area contributed by atoms with Gasteiger partial charge in [-0.05, 0) is 42.3 Å². The van der Waals surface area contributed by atoms with E-state index in [9.17, 15) is 13.2 Å². The molecule has 2 heterocycles. The van der Waals surface area contributed by atoms with Gasteiger partial charge in [0.25, 0.3) is 5.91 Å². The fourth-order valence-electron chi connectivity index (χ4n) is 3.54. The highest BCUT2D eigenvalue weighted by atomic mass is 32.2. The molecule has 0 fully saturated rings. The zero-order chi connectivity index (χ0) is 26.7. The number of amidine groups is 3. The number of para-hydroxylation sites is 1. The summed E-state index contributed by atoms with van der Waals surface area (Å²) in [5.74, 6) is 0.717. The van der Waals surface area contributed by atoms with Crippen molar-refractivity contribution in [1.29, 1.82) is 5.41 Å². The zero-order valence-corrected chi connectivity index (χ0v) is 22.1. The van der Waals surface area contributed by atoms with Gasteiger partial charge < -0.3 is 18.9 Å². The van der Waals surface area contributed by atoms with E-state index in [-0.39, 0.29) is 35.0 Å². The number of rotatable bonds is 8. The monoisotopic (exact) mass is 544 g/mol. The Kier molecular flexibility index (Phi) is 7.55. The topological polar surface area (TPSA) is 140 Å². The van der Waals surface area contributed by atoms with Gasteiger partial charge in [-0.15, -0.1) is 0 Å². The van der Waals surface area contributed by atoms with E-state index in [2.05, 4.69) is 9.39 Å². The first-order chi connectivity index (χ1) is 17.6. The van der Waals surface area contributed by atoms with Crippen LogP contribution in [0.15, 0.2) is 51.4 Å². The van der Waals surface area contributed by atoms with Crippen molar-refractivity contribution in [3.05, 3.63) is 53.1 Å². The Bertz CT molecular complexity index is 1440. The van der Waals surface area contributed by atoms with Gasteiger partial charge in [-0.2, -0.15) is 9.39 Å². The number of ether oxygens (including phenoxy) is 4. The van der Waals surface area contributed by atoms with Gasteiger partial charge in [-0.3, -0.25) is 10.2 Å².